The minimum Gasteiger partial charge on any atom is -0.343 e. The van der Waals surface area contributed by atoms with Crippen LogP contribution in [0.5, 0.6) is 0 Å². The second kappa shape index (κ2) is 7.69. The van der Waals surface area contributed by atoms with Crippen LogP contribution in [-0.4, -0.2) is 30.4 Å². The van der Waals surface area contributed by atoms with Crippen LogP contribution in [0.1, 0.15) is 46.5 Å². The lowest BCUT2D eigenvalue weighted by atomic mass is 10.0. The van der Waals surface area contributed by atoms with Crippen LogP contribution in [0.25, 0.3) is 0 Å². The van der Waals surface area contributed by atoms with Crippen molar-refractivity contribution in [2.45, 2.75) is 52.5 Å². The fourth-order valence-corrected chi connectivity index (χ4v) is 1.81. The van der Waals surface area contributed by atoms with E-state index in [-0.39, 0.29) is 11.8 Å². The molecule has 2 N–H and O–H groups in total. The molecule has 15 heavy (non-hydrogen) atoms. The number of nitrogens with zero attached hydrogens (tertiary/aromatic N) is 1. The van der Waals surface area contributed by atoms with Gasteiger partial charge in [-0.05, 0) is 19.8 Å². The molecule has 3 heteroatoms. The molecule has 0 saturated carbocycles. The molecule has 0 saturated heterocycles. The minimum absolute atomic E-state index is 0.0132. The van der Waals surface area contributed by atoms with E-state index >= 15 is 0 Å². The molecule has 0 aliphatic heterocycles. The average Bonchev–Trinajstić information content (AvgIpc) is 2.24. The van der Waals surface area contributed by atoms with Gasteiger partial charge >= 0.3 is 0 Å². The van der Waals surface area contributed by atoms with Crippen molar-refractivity contribution in [2.75, 3.05) is 13.6 Å². The van der Waals surface area contributed by atoms with E-state index in [2.05, 4.69) is 20.8 Å². The fraction of sp³-hybridized carbons (Fsp3) is 0.917. The second-order valence-electron chi connectivity index (χ2n) is 4.31. The van der Waals surface area contributed by atoms with E-state index in [9.17, 15) is 4.79 Å². The maximum Gasteiger partial charge on any atom is 0.226 e. The zero-order valence-corrected chi connectivity index (χ0v) is 10.6. The Kier molecular flexibility index (Phi) is 7.39. The van der Waals surface area contributed by atoms with Crippen molar-refractivity contribution < 1.29 is 4.79 Å². The van der Waals surface area contributed by atoms with Gasteiger partial charge in [0, 0.05) is 19.6 Å². The van der Waals surface area contributed by atoms with Gasteiger partial charge in [0.1, 0.15) is 0 Å². The van der Waals surface area contributed by atoms with Crippen LogP contribution in [0.15, 0.2) is 0 Å². The zero-order valence-electron chi connectivity index (χ0n) is 10.6. The van der Waals surface area contributed by atoms with Crippen molar-refractivity contribution in [2.24, 2.45) is 11.7 Å². The number of rotatable bonds is 7. The molecule has 0 radical (unpaired) electrons. The van der Waals surface area contributed by atoms with Crippen LogP contribution >= 0.6 is 0 Å². The number of hydrogen-bond donors (Lipinski definition) is 1. The Morgan fingerprint density at radius 3 is 2.20 bits per heavy atom. The first-order chi connectivity index (χ1) is 7.08. The Hall–Kier alpha value is -0.570. The number of nitrogens with two attached hydrogens (primary N) is 1. The van der Waals surface area contributed by atoms with E-state index in [0.29, 0.717) is 12.6 Å². The molecule has 3 nitrogen and oxygen atoms in total. The Balaban J connectivity index is 4.26. The SMILES string of the molecule is CCCC(CN)C(=O)N(C)C(C)CCC. The van der Waals surface area contributed by atoms with Crippen molar-refractivity contribution in [1.29, 1.82) is 0 Å². The summed E-state index contributed by atoms with van der Waals surface area (Å²) in [7, 11) is 1.89. The molecule has 0 aromatic rings. The summed E-state index contributed by atoms with van der Waals surface area (Å²) in [5, 5.41) is 0. The van der Waals surface area contributed by atoms with Gasteiger partial charge in [0.25, 0.3) is 0 Å². The third kappa shape index (κ3) is 4.65. The monoisotopic (exact) mass is 214 g/mol. The Bertz CT molecular complexity index is 182. The highest BCUT2D eigenvalue weighted by atomic mass is 16.2. The van der Waals surface area contributed by atoms with Crippen LogP contribution in [0, 0.1) is 5.92 Å². The van der Waals surface area contributed by atoms with Crippen LogP contribution in [0.3, 0.4) is 0 Å². The molecule has 0 aromatic carbocycles. The lowest BCUT2D eigenvalue weighted by Crippen LogP contribution is -2.41. The molecule has 0 rings (SSSR count). The fourth-order valence-electron chi connectivity index (χ4n) is 1.81. The van der Waals surface area contributed by atoms with E-state index in [1.807, 2.05) is 11.9 Å². The third-order valence-corrected chi connectivity index (χ3v) is 2.99. The van der Waals surface area contributed by atoms with Gasteiger partial charge in [0.2, 0.25) is 5.91 Å². The first-order valence-corrected chi connectivity index (χ1v) is 6.05. The summed E-state index contributed by atoms with van der Waals surface area (Å²) in [6, 6.07) is 0.327. The highest BCUT2D eigenvalue weighted by Gasteiger charge is 2.22. The molecule has 0 aromatic heterocycles. The summed E-state index contributed by atoms with van der Waals surface area (Å²) < 4.78 is 0. The summed E-state index contributed by atoms with van der Waals surface area (Å²) in [5.74, 6) is 0.222. The highest BCUT2D eigenvalue weighted by molar-refractivity contribution is 5.79. The molecule has 0 aliphatic carbocycles. The first-order valence-electron chi connectivity index (χ1n) is 6.05. The van der Waals surface area contributed by atoms with E-state index in [0.717, 1.165) is 25.7 Å². The Morgan fingerprint density at radius 1 is 1.27 bits per heavy atom. The summed E-state index contributed by atoms with van der Waals surface area (Å²) in [5.41, 5.74) is 5.62. The van der Waals surface area contributed by atoms with Crippen molar-refractivity contribution in [3.05, 3.63) is 0 Å². The van der Waals surface area contributed by atoms with E-state index in [1.54, 1.807) is 0 Å². The van der Waals surface area contributed by atoms with Gasteiger partial charge in [-0.15, -0.1) is 0 Å². The van der Waals surface area contributed by atoms with Crippen LogP contribution < -0.4 is 5.73 Å². The molecule has 0 heterocycles. The maximum absolute atomic E-state index is 12.0. The second-order valence-corrected chi connectivity index (χ2v) is 4.31. The lowest BCUT2D eigenvalue weighted by Gasteiger charge is -2.28. The quantitative estimate of drug-likeness (QED) is 0.704. The molecular formula is C12H26N2O. The van der Waals surface area contributed by atoms with Crippen LogP contribution in [0.2, 0.25) is 0 Å². The molecule has 2 atom stereocenters. The number of amides is 1. The standard InChI is InChI=1S/C12H26N2O/c1-5-7-10(3)14(4)12(15)11(9-13)8-6-2/h10-11H,5-9,13H2,1-4H3. The topological polar surface area (TPSA) is 46.3 Å². The molecule has 90 valence electrons. The van der Waals surface area contributed by atoms with Gasteiger partial charge in [0.05, 0.1) is 5.92 Å². The summed E-state index contributed by atoms with van der Waals surface area (Å²) in [4.78, 5) is 13.9. The van der Waals surface area contributed by atoms with E-state index in [1.165, 1.54) is 0 Å². The number of hydrogen-bond acceptors (Lipinski definition) is 2. The maximum atomic E-state index is 12.0. The minimum atomic E-state index is 0.0132. The van der Waals surface area contributed by atoms with Crippen molar-refractivity contribution >= 4 is 5.91 Å². The van der Waals surface area contributed by atoms with Gasteiger partial charge in [0.15, 0.2) is 0 Å². The average molecular weight is 214 g/mol. The summed E-state index contributed by atoms with van der Waals surface area (Å²) >= 11 is 0. The predicted octanol–water partition coefficient (Wildman–Crippen LogP) is 2.01. The zero-order chi connectivity index (χ0) is 11.8. The van der Waals surface area contributed by atoms with Gasteiger partial charge in [-0.2, -0.15) is 0 Å². The van der Waals surface area contributed by atoms with Crippen molar-refractivity contribution in [3.8, 4) is 0 Å². The number of carbonyl (C=O) groups is 1. The Morgan fingerprint density at radius 2 is 1.80 bits per heavy atom. The molecular weight excluding hydrogens is 188 g/mol. The smallest absolute Gasteiger partial charge is 0.226 e. The predicted molar refractivity (Wildman–Crippen MR) is 64.6 cm³/mol. The van der Waals surface area contributed by atoms with E-state index in [4.69, 9.17) is 5.73 Å². The molecule has 0 bridgehead atoms. The molecule has 0 aliphatic rings. The van der Waals surface area contributed by atoms with Crippen LogP contribution in [0.4, 0.5) is 0 Å². The van der Waals surface area contributed by atoms with E-state index < -0.39 is 0 Å². The first kappa shape index (κ1) is 14.4. The van der Waals surface area contributed by atoms with Gasteiger partial charge in [-0.3, -0.25) is 4.79 Å². The number of carbonyl (C=O) groups excluding carboxylic acids is 1. The lowest BCUT2D eigenvalue weighted by molar-refractivity contribution is -0.136. The molecule has 1 amide bonds. The molecule has 0 fully saturated rings. The van der Waals surface area contributed by atoms with Gasteiger partial charge in [-0.1, -0.05) is 26.7 Å². The third-order valence-electron chi connectivity index (χ3n) is 2.99. The largest absolute Gasteiger partial charge is 0.343 e. The molecule has 2 unspecified atom stereocenters. The molecule has 0 spiro atoms. The normalized spacial score (nSPS) is 14.7. The Labute approximate surface area is 94.0 Å². The highest BCUT2D eigenvalue weighted by Crippen LogP contribution is 2.12. The summed E-state index contributed by atoms with van der Waals surface area (Å²) in [6.07, 6.45) is 4.09. The van der Waals surface area contributed by atoms with Crippen molar-refractivity contribution in [3.63, 3.8) is 0 Å². The van der Waals surface area contributed by atoms with Gasteiger partial charge in [-0.25, -0.2) is 0 Å². The van der Waals surface area contributed by atoms with Crippen LogP contribution in [-0.2, 0) is 4.79 Å². The van der Waals surface area contributed by atoms with Crippen molar-refractivity contribution in [1.82, 2.24) is 4.90 Å². The van der Waals surface area contributed by atoms with Gasteiger partial charge < -0.3 is 10.6 Å². The summed E-state index contributed by atoms with van der Waals surface area (Å²) in [6.45, 7) is 6.80.